The fourth-order valence-electron chi connectivity index (χ4n) is 1.40. The highest BCUT2D eigenvalue weighted by Crippen LogP contribution is 2.03. The standard InChI is InChI=1S/C13H10F2N2O/c14-11-4-1-9(2-5-11)7-17-13(18)10-3-6-12(15)16-8-10/h1-6,8H,7H2,(H,17,18). The number of nitrogens with zero attached hydrogens (tertiary/aromatic N) is 1. The molecule has 2 aromatic rings. The summed E-state index contributed by atoms with van der Waals surface area (Å²) in [5.41, 5.74) is 1.05. The van der Waals surface area contributed by atoms with Crippen molar-refractivity contribution < 1.29 is 13.6 Å². The summed E-state index contributed by atoms with van der Waals surface area (Å²) in [6.07, 6.45) is 1.16. The van der Waals surface area contributed by atoms with Crippen molar-refractivity contribution in [3.05, 3.63) is 65.5 Å². The predicted octanol–water partition coefficient (Wildman–Crippen LogP) is 2.29. The van der Waals surface area contributed by atoms with Crippen molar-refractivity contribution in [3.8, 4) is 0 Å². The van der Waals surface area contributed by atoms with Gasteiger partial charge in [-0.2, -0.15) is 4.39 Å². The van der Waals surface area contributed by atoms with Crippen LogP contribution in [-0.4, -0.2) is 10.9 Å². The molecule has 0 bridgehead atoms. The van der Waals surface area contributed by atoms with Crippen LogP contribution in [0, 0.1) is 11.8 Å². The van der Waals surface area contributed by atoms with Gasteiger partial charge in [-0.1, -0.05) is 12.1 Å². The molecule has 3 nitrogen and oxygen atoms in total. The van der Waals surface area contributed by atoms with E-state index in [9.17, 15) is 13.6 Å². The van der Waals surface area contributed by atoms with E-state index in [1.54, 1.807) is 12.1 Å². The number of amides is 1. The van der Waals surface area contributed by atoms with Crippen LogP contribution in [0.2, 0.25) is 0 Å². The van der Waals surface area contributed by atoms with Gasteiger partial charge in [0.25, 0.3) is 5.91 Å². The first-order valence-corrected chi connectivity index (χ1v) is 5.29. The highest BCUT2D eigenvalue weighted by molar-refractivity contribution is 5.93. The van der Waals surface area contributed by atoms with Crippen LogP contribution in [-0.2, 0) is 6.54 Å². The monoisotopic (exact) mass is 248 g/mol. The van der Waals surface area contributed by atoms with Crippen LogP contribution in [0.1, 0.15) is 15.9 Å². The Labute approximate surface area is 102 Å². The maximum absolute atomic E-state index is 12.7. The van der Waals surface area contributed by atoms with Crippen molar-refractivity contribution in [2.45, 2.75) is 6.54 Å². The van der Waals surface area contributed by atoms with E-state index >= 15 is 0 Å². The molecule has 0 fully saturated rings. The minimum Gasteiger partial charge on any atom is -0.348 e. The number of nitrogens with one attached hydrogen (secondary N) is 1. The molecule has 1 aromatic carbocycles. The normalized spacial score (nSPS) is 10.1. The Bertz CT molecular complexity index is 538. The second kappa shape index (κ2) is 5.35. The first-order chi connectivity index (χ1) is 8.65. The van der Waals surface area contributed by atoms with Gasteiger partial charge in [0.05, 0.1) is 5.56 Å². The Morgan fingerprint density at radius 1 is 1.11 bits per heavy atom. The maximum Gasteiger partial charge on any atom is 0.253 e. The number of halogens is 2. The number of hydrogen-bond donors (Lipinski definition) is 1. The highest BCUT2D eigenvalue weighted by Gasteiger charge is 2.05. The van der Waals surface area contributed by atoms with E-state index in [4.69, 9.17) is 0 Å². The SMILES string of the molecule is O=C(NCc1ccc(F)cc1)c1ccc(F)nc1. The Morgan fingerprint density at radius 2 is 1.83 bits per heavy atom. The van der Waals surface area contributed by atoms with Crippen LogP contribution in [0.4, 0.5) is 8.78 Å². The van der Waals surface area contributed by atoms with Gasteiger partial charge in [-0.15, -0.1) is 0 Å². The number of aromatic nitrogens is 1. The second-order valence-electron chi connectivity index (χ2n) is 3.68. The second-order valence-corrected chi connectivity index (χ2v) is 3.68. The largest absolute Gasteiger partial charge is 0.348 e. The number of hydrogen-bond acceptors (Lipinski definition) is 2. The number of pyridine rings is 1. The molecule has 0 unspecified atom stereocenters. The average molecular weight is 248 g/mol. The Hall–Kier alpha value is -2.30. The lowest BCUT2D eigenvalue weighted by molar-refractivity contribution is 0.0950. The van der Waals surface area contributed by atoms with Crippen LogP contribution in [0.25, 0.3) is 0 Å². The minimum atomic E-state index is -0.634. The third-order valence-corrected chi connectivity index (χ3v) is 2.36. The summed E-state index contributed by atoms with van der Waals surface area (Å²) in [6.45, 7) is 0.274. The molecular weight excluding hydrogens is 238 g/mol. The molecule has 0 aliphatic carbocycles. The number of carbonyl (C=O) groups excluding carboxylic acids is 1. The first kappa shape index (κ1) is 12.2. The molecule has 0 aliphatic heterocycles. The molecule has 0 saturated heterocycles. The topological polar surface area (TPSA) is 42.0 Å². The quantitative estimate of drug-likeness (QED) is 0.847. The van der Waals surface area contributed by atoms with Crippen molar-refractivity contribution in [1.82, 2.24) is 10.3 Å². The zero-order valence-corrected chi connectivity index (χ0v) is 9.36. The Kier molecular flexibility index (Phi) is 3.62. The van der Waals surface area contributed by atoms with Gasteiger partial charge in [-0.05, 0) is 29.8 Å². The van der Waals surface area contributed by atoms with Crippen molar-refractivity contribution in [2.24, 2.45) is 0 Å². The summed E-state index contributed by atoms with van der Waals surface area (Å²) in [4.78, 5) is 15.0. The smallest absolute Gasteiger partial charge is 0.253 e. The summed E-state index contributed by atoms with van der Waals surface area (Å²) in [5.74, 6) is -1.32. The summed E-state index contributed by atoms with van der Waals surface area (Å²) < 4.78 is 25.2. The maximum atomic E-state index is 12.7. The molecule has 1 aromatic heterocycles. The molecule has 92 valence electrons. The summed E-state index contributed by atoms with van der Waals surface area (Å²) in [5, 5.41) is 2.63. The van der Waals surface area contributed by atoms with E-state index in [1.807, 2.05) is 0 Å². The Balaban J connectivity index is 1.96. The molecule has 2 rings (SSSR count). The van der Waals surface area contributed by atoms with E-state index in [-0.39, 0.29) is 23.8 Å². The molecule has 0 aliphatic rings. The van der Waals surface area contributed by atoms with E-state index < -0.39 is 5.95 Å². The molecule has 5 heteroatoms. The zero-order valence-electron chi connectivity index (χ0n) is 9.36. The summed E-state index contributed by atoms with van der Waals surface area (Å²) in [7, 11) is 0. The van der Waals surface area contributed by atoms with Crippen LogP contribution >= 0.6 is 0 Å². The molecule has 1 amide bonds. The lowest BCUT2D eigenvalue weighted by Gasteiger charge is -2.05. The molecule has 1 heterocycles. The average Bonchev–Trinajstić information content (AvgIpc) is 2.38. The molecular formula is C13H10F2N2O. The van der Waals surface area contributed by atoms with Crippen LogP contribution < -0.4 is 5.32 Å². The number of carbonyl (C=O) groups is 1. The van der Waals surface area contributed by atoms with Gasteiger partial charge >= 0.3 is 0 Å². The van der Waals surface area contributed by atoms with Gasteiger partial charge < -0.3 is 5.32 Å². The van der Waals surface area contributed by atoms with Crippen molar-refractivity contribution in [3.63, 3.8) is 0 Å². The van der Waals surface area contributed by atoms with Crippen LogP contribution in [0.15, 0.2) is 42.6 Å². The van der Waals surface area contributed by atoms with E-state index in [0.29, 0.717) is 0 Å². The lowest BCUT2D eigenvalue weighted by atomic mass is 10.2. The highest BCUT2D eigenvalue weighted by atomic mass is 19.1. The fourth-order valence-corrected chi connectivity index (χ4v) is 1.40. The van der Waals surface area contributed by atoms with Crippen LogP contribution in [0.5, 0.6) is 0 Å². The lowest BCUT2D eigenvalue weighted by Crippen LogP contribution is -2.22. The molecule has 1 N–H and O–H groups in total. The van der Waals surface area contributed by atoms with Gasteiger partial charge in [-0.3, -0.25) is 4.79 Å². The van der Waals surface area contributed by atoms with Crippen molar-refractivity contribution in [2.75, 3.05) is 0 Å². The number of rotatable bonds is 3. The first-order valence-electron chi connectivity index (χ1n) is 5.29. The van der Waals surface area contributed by atoms with Crippen molar-refractivity contribution in [1.29, 1.82) is 0 Å². The van der Waals surface area contributed by atoms with Gasteiger partial charge in [0, 0.05) is 12.7 Å². The number of benzene rings is 1. The minimum absolute atomic E-state index is 0.274. The molecule has 18 heavy (non-hydrogen) atoms. The fraction of sp³-hybridized carbons (Fsp3) is 0.0769. The summed E-state index contributed by atoms with van der Waals surface area (Å²) in [6, 6.07) is 8.27. The van der Waals surface area contributed by atoms with Crippen molar-refractivity contribution >= 4 is 5.91 Å². The van der Waals surface area contributed by atoms with E-state index in [2.05, 4.69) is 10.3 Å². The van der Waals surface area contributed by atoms with E-state index in [0.717, 1.165) is 17.8 Å². The molecule has 0 saturated carbocycles. The molecule has 0 atom stereocenters. The third-order valence-electron chi connectivity index (χ3n) is 2.36. The van der Waals surface area contributed by atoms with Gasteiger partial charge in [0.15, 0.2) is 0 Å². The molecule has 0 spiro atoms. The van der Waals surface area contributed by atoms with Crippen LogP contribution in [0.3, 0.4) is 0 Å². The van der Waals surface area contributed by atoms with Gasteiger partial charge in [0.1, 0.15) is 5.82 Å². The zero-order chi connectivity index (χ0) is 13.0. The molecule has 0 radical (unpaired) electrons. The third kappa shape index (κ3) is 3.10. The predicted molar refractivity (Wildman–Crippen MR) is 61.8 cm³/mol. The summed E-state index contributed by atoms with van der Waals surface area (Å²) >= 11 is 0. The van der Waals surface area contributed by atoms with Gasteiger partial charge in [-0.25, -0.2) is 9.37 Å². The van der Waals surface area contributed by atoms with E-state index in [1.165, 1.54) is 18.2 Å². The van der Waals surface area contributed by atoms with Gasteiger partial charge in [0.2, 0.25) is 5.95 Å². The Morgan fingerprint density at radius 3 is 2.44 bits per heavy atom.